The number of aromatic nitrogens is 3. The van der Waals surface area contributed by atoms with Crippen molar-refractivity contribution in [1.29, 1.82) is 0 Å². The van der Waals surface area contributed by atoms with Crippen LogP contribution in [0.1, 0.15) is 5.56 Å². The third kappa shape index (κ3) is 2.63. The first-order valence-electron chi connectivity index (χ1n) is 8.58. The molecule has 4 aromatic rings. The number of hydrogen-bond acceptors (Lipinski definition) is 3. The molecule has 28 heavy (non-hydrogen) atoms. The van der Waals surface area contributed by atoms with Gasteiger partial charge in [-0.15, -0.1) is 0 Å². The Morgan fingerprint density at radius 1 is 1.11 bits per heavy atom. The van der Waals surface area contributed by atoms with Crippen molar-refractivity contribution in [3.8, 4) is 5.69 Å². The quantitative estimate of drug-likeness (QED) is 0.574. The van der Waals surface area contributed by atoms with Crippen molar-refractivity contribution in [1.82, 2.24) is 13.7 Å². The van der Waals surface area contributed by atoms with Crippen molar-refractivity contribution < 1.29 is 4.79 Å². The Morgan fingerprint density at radius 3 is 2.54 bits per heavy atom. The van der Waals surface area contributed by atoms with Gasteiger partial charge in [0.15, 0.2) is 0 Å². The molecule has 4 rings (SSSR count). The van der Waals surface area contributed by atoms with Crippen molar-refractivity contribution in [2.24, 2.45) is 12.8 Å². The van der Waals surface area contributed by atoms with Crippen LogP contribution in [0.3, 0.4) is 0 Å². The van der Waals surface area contributed by atoms with Crippen LogP contribution in [0.25, 0.3) is 27.6 Å². The number of rotatable bonds is 3. The van der Waals surface area contributed by atoms with Crippen LogP contribution in [-0.2, 0) is 18.4 Å². The van der Waals surface area contributed by atoms with Gasteiger partial charge in [0.1, 0.15) is 12.1 Å². The highest BCUT2D eigenvalue weighted by Crippen LogP contribution is 2.26. The molecule has 0 radical (unpaired) electrons. The van der Waals surface area contributed by atoms with Crippen LogP contribution in [0.5, 0.6) is 0 Å². The lowest BCUT2D eigenvalue weighted by Crippen LogP contribution is -2.41. The fourth-order valence-corrected chi connectivity index (χ4v) is 3.80. The number of hydrogen-bond donors (Lipinski definition) is 1. The summed E-state index contributed by atoms with van der Waals surface area (Å²) in [4.78, 5) is 38.3. The first-order chi connectivity index (χ1) is 13.3. The summed E-state index contributed by atoms with van der Waals surface area (Å²) in [5, 5.41) is 1.10. The third-order valence-corrected chi connectivity index (χ3v) is 5.04. The van der Waals surface area contributed by atoms with Gasteiger partial charge in [0, 0.05) is 17.5 Å². The van der Waals surface area contributed by atoms with Gasteiger partial charge in [-0.2, -0.15) is 0 Å². The number of nitrogens with two attached hydrogens (primary N) is 1. The van der Waals surface area contributed by atoms with Crippen molar-refractivity contribution in [3.05, 3.63) is 73.9 Å². The van der Waals surface area contributed by atoms with E-state index in [1.165, 1.54) is 10.6 Å². The number of aryl methyl sites for hydroxylation is 2. The Morgan fingerprint density at radius 2 is 1.86 bits per heavy atom. The molecule has 7 nitrogen and oxygen atoms in total. The molecule has 2 N–H and O–H groups in total. The van der Waals surface area contributed by atoms with Crippen LogP contribution >= 0.6 is 11.6 Å². The number of nitrogens with zero attached hydrogens (tertiary/aromatic N) is 3. The molecule has 8 heteroatoms. The maximum Gasteiger partial charge on any atom is 0.336 e. The standard InChI is InChI=1S/C20H17ClN4O3/c1-11-6-7-15-14(8-11)17-18(23(15)2)19(27)25(13-5-3-4-12(21)9-13)20(28)24(17)10-16(22)26/h3-9H,10H2,1-2H3,(H2,22,26). The second kappa shape index (κ2) is 6.38. The van der Waals surface area contributed by atoms with E-state index in [4.69, 9.17) is 17.3 Å². The minimum atomic E-state index is -0.677. The first-order valence-corrected chi connectivity index (χ1v) is 8.96. The highest BCUT2D eigenvalue weighted by atomic mass is 35.5. The zero-order chi connectivity index (χ0) is 20.2. The van der Waals surface area contributed by atoms with E-state index in [1.54, 1.807) is 29.8 Å². The Bertz CT molecular complexity index is 1390. The van der Waals surface area contributed by atoms with Crippen LogP contribution in [0.4, 0.5) is 0 Å². The number of amides is 1. The molecule has 2 aromatic heterocycles. The smallest absolute Gasteiger partial charge is 0.336 e. The van der Waals surface area contributed by atoms with Gasteiger partial charge in [0.2, 0.25) is 5.91 Å². The van der Waals surface area contributed by atoms with Crippen LogP contribution in [0, 0.1) is 6.92 Å². The molecular weight excluding hydrogens is 380 g/mol. The molecule has 0 saturated carbocycles. The topological polar surface area (TPSA) is 92.0 Å². The van der Waals surface area contributed by atoms with Crippen LogP contribution < -0.4 is 17.0 Å². The van der Waals surface area contributed by atoms with E-state index < -0.39 is 17.2 Å². The molecule has 0 unspecified atom stereocenters. The van der Waals surface area contributed by atoms with Gasteiger partial charge in [-0.3, -0.25) is 14.2 Å². The van der Waals surface area contributed by atoms with Crippen LogP contribution in [0.2, 0.25) is 5.02 Å². The maximum absolute atomic E-state index is 13.3. The van der Waals surface area contributed by atoms with E-state index in [9.17, 15) is 14.4 Å². The third-order valence-electron chi connectivity index (χ3n) is 4.81. The second-order valence-corrected chi connectivity index (χ2v) is 7.17. The molecule has 142 valence electrons. The highest BCUT2D eigenvalue weighted by Gasteiger charge is 2.22. The van der Waals surface area contributed by atoms with Crippen molar-refractivity contribution in [3.63, 3.8) is 0 Å². The fraction of sp³-hybridized carbons (Fsp3) is 0.150. The van der Waals surface area contributed by atoms with Gasteiger partial charge in [0.25, 0.3) is 5.56 Å². The van der Waals surface area contributed by atoms with Gasteiger partial charge in [-0.05, 0) is 37.3 Å². The summed E-state index contributed by atoms with van der Waals surface area (Å²) in [6.07, 6.45) is 0. The number of carbonyl (C=O) groups is 1. The fourth-order valence-electron chi connectivity index (χ4n) is 3.61. The average Bonchev–Trinajstić information content (AvgIpc) is 2.91. The molecule has 0 aliphatic heterocycles. The van der Waals surface area contributed by atoms with E-state index in [1.807, 2.05) is 25.1 Å². The van der Waals surface area contributed by atoms with E-state index in [0.717, 1.165) is 15.6 Å². The van der Waals surface area contributed by atoms with Gasteiger partial charge < -0.3 is 10.3 Å². The summed E-state index contributed by atoms with van der Waals surface area (Å²) in [5.74, 6) is -0.677. The predicted octanol–water partition coefficient (Wildman–Crippen LogP) is 2.09. The highest BCUT2D eigenvalue weighted by molar-refractivity contribution is 6.30. The Hall–Kier alpha value is -3.32. The predicted molar refractivity (Wildman–Crippen MR) is 109 cm³/mol. The van der Waals surface area contributed by atoms with Gasteiger partial charge in [0.05, 0.1) is 16.7 Å². The number of fused-ring (bicyclic) bond motifs is 3. The van der Waals surface area contributed by atoms with Gasteiger partial charge in [-0.25, -0.2) is 9.36 Å². The molecule has 0 spiro atoms. The van der Waals surface area contributed by atoms with Crippen molar-refractivity contribution in [2.75, 3.05) is 0 Å². The minimum absolute atomic E-state index is 0.307. The molecular formula is C20H17ClN4O3. The zero-order valence-electron chi connectivity index (χ0n) is 15.3. The normalized spacial score (nSPS) is 11.4. The summed E-state index contributed by atoms with van der Waals surface area (Å²) in [7, 11) is 1.75. The Kier molecular flexibility index (Phi) is 4.12. The Labute approximate surface area is 164 Å². The molecule has 0 aliphatic rings. The lowest BCUT2D eigenvalue weighted by Gasteiger charge is -2.12. The van der Waals surface area contributed by atoms with Gasteiger partial charge in [-0.1, -0.05) is 29.3 Å². The second-order valence-electron chi connectivity index (χ2n) is 6.73. The van der Waals surface area contributed by atoms with Crippen LogP contribution in [0.15, 0.2) is 52.1 Å². The van der Waals surface area contributed by atoms with Crippen LogP contribution in [-0.4, -0.2) is 19.6 Å². The molecule has 0 atom stereocenters. The zero-order valence-corrected chi connectivity index (χ0v) is 16.0. The minimum Gasteiger partial charge on any atom is -0.368 e. The SMILES string of the molecule is Cc1ccc2c(c1)c1c(c(=O)n(-c3cccc(Cl)c3)c(=O)n1CC(N)=O)n2C. The largest absolute Gasteiger partial charge is 0.368 e. The molecule has 0 fully saturated rings. The number of carbonyl (C=O) groups excluding carboxylic acids is 1. The van der Waals surface area contributed by atoms with Crippen molar-refractivity contribution >= 4 is 39.4 Å². The van der Waals surface area contributed by atoms with E-state index in [0.29, 0.717) is 27.1 Å². The summed E-state index contributed by atoms with van der Waals surface area (Å²) in [6, 6.07) is 12.1. The number of primary amides is 1. The first kappa shape index (κ1) is 18.1. The van der Waals surface area contributed by atoms with E-state index in [-0.39, 0.29) is 6.54 Å². The molecule has 0 bridgehead atoms. The average molecular weight is 397 g/mol. The molecule has 2 heterocycles. The summed E-state index contributed by atoms with van der Waals surface area (Å²) in [6.45, 7) is 1.57. The van der Waals surface area contributed by atoms with Gasteiger partial charge >= 0.3 is 5.69 Å². The van der Waals surface area contributed by atoms with E-state index in [2.05, 4.69) is 0 Å². The Balaban J connectivity index is 2.28. The molecule has 1 amide bonds. The molecule has 2 aromatic carbocycles. The molecule has 0 saturated heterocycles. The monoisotopic (exact) mass is 396 g/mol. The molecule has 0 aliphatic carbocycles. The summed E-state index contributed by atoms with van der Waals surface area (Å²) < 4.78 is 4.00. The summed E-state index contributed by atoms with van der Waals surface area (Å²) in [5.41, 5.74) is 7.04. The number of halogens is 1. The number of benzene rings is 2. The summed E-state index contributed by atoms with van der Waals surface area (Å²) >= 11 is 6.05. The lowest BCUT2D eigenvalue weighted by atomic mass is 10.1. The van der Waals surface area contributed by atoms with Crippen molar-refractivity contribution in [2.45, 2.75) is 13.5 Å². The lowest BCUT2D eigenvalue weighted by molar-refractivity contribution is -0.118. The van der Waals surface area contributed by atoms with E-state index >= 15 is 0 Å². The maximum atomic E-state index is 13.3.